The molecule has 0 fully saturated rings. The predicted octanol–water partition coefficient (Wildman–Crippen LogP) is 3.38. The van der Waals surface area contributed by atoms with Gasteiger partial charge >= 0.3 is 0 Å². The third-order valence-electron chi connectivity index (χ3n) is 3.44. The number of hydrogen-bond donors (Lipinski definition) is 1. The fraction of sp³-hybridized carbons (Fsp3) is 0.167. The van der Waals surface area contributed by atoms with Crippen LogP contribution in [0.15, 0.2) is 42.5 Å². The Balaban J connectivity index is 1.71. The van der Waals surface area contributed by atoms with Gasteiger partial charge in [0.25, 0.3) is 0 Å². The second kappa shape index (κ2) is 6.44. The Morgan fingerprint density at radius 2 is 2.00 bits per heavy atom. The second-order valence-corrected chi connectivity index (χ2v) is 5.14. The first-order chi connectivity index (χ1) is 11.2. The van der Waals surface area contributed by atoms with E-state index in [0.717, 1.165) is 16.9 Å². The summed E-state index contributed by atoms with van der Waals surface area (Å²) in [6.45, 7) is 2.19. The number of nitrogens with one attached hydrogen (secondary N) is 1. The van der Waals surface area contributed by atoms with E-state index in [1.807, 2.05) is 43.3 Å². The van der Waals surface area contributed by atoms with Crippen LogP contribution in [-0.4, -0.2) is 19.8 Å². The zero-order valence-electron chi connectivity index (χ0n) is 13.0. The number of amides is 1. The number of rotatable bonds is 4. The summed E-state index contributed by atoms with van der Waals surface area (Å²) >= 11 is 0. The van der Waals surface area contributed by atoms with Crippen molar-refractivity contribution in [2.24, 2.45) is 0 Å². The van der Waals surface area contributed by atoms with Crippen LogP contribution in [0.5, 0.6) is 17.2 Å². The van der Waals surface area contributed by atoms with Crippen LogP contribution in [0.2, 0.25) is 0 Å². The molecule has 2 aromatic rings. The molecule has 1 heterocycles. The molecule has 1 aliphatic rings. The van der Waals surface area contributed by atoms with Crippen molar-refractivity contribution in [2.75, 3.05) is 19.2 Å². The zero-order chi connectivity index (χ0) is 16.2. The summed E-state index contributed by atoms with van der Waals surface area (Å²) in [6, 6.07) is 11.1. The normalized spacial score (nSPS) is 12.4. The maximum absolute atomic E-state index is 12.1. The van der Waals surface area contributed by atoms with Crippen LogP contribution in [0.4, 0.5) is 5.69 Å². The van der Waals surface area contributed by atoms with Gasteiger partial charge in [0.15, 0.2) is 11.5 Å². The van der Waals surface area contributed by atoms with Crippen molar-refractivity contribution in [3.63, 3.8) is 0 Å². The molecule has 2 aromatic carbocycles. The highest BCUT2D eigenvalue weighted by molar-refractivity contribution is 6.02. The number of carbonyl (C=O) groups is 1. The van der Waals surface area contributed by atoms with Crippen LogP contribution in [0, 0.1) is 6.92 Å². The van der Waals surface area contributed by atoms with Crippen LogP contribution in [0.3, 0.4) is 0 Å². The van der Waals surface area contributed by atoms with Crippen LogP contribution in [-0.2, 0) is 4.79 Å². The molecule has 23 heavy (non-hydrogen) atoms. The molecule has 0 spiro atoms. The number of ether oxygens (including phenoxy) is 3. The highest BCUT2D eigenvalue weighted by Crippen LogP contribution is 2.32. The fourth-order valence-corrected chi connectivity index (χ4v) is 2.28. The van der Waals surface area contributed by atoms with Crippen molar-refractivity contribution in [3.8, 4) is 17.2 Å². The molecule has 3 rings (SSSR count). The molecular formula is C18H17NO4. The number of carbonyl (C=O) groups excluding carboxylic acids is 1. The van der Waals surface area contributed by atoms with Gasteiger partial charge in [0, 0.05) is 6.08 Å². The van der Waals surface area contributed by atoms with E-state index in [4.69, 9.17) is 14.2 Å². The molecule has 0 radical (unpaired) electrons. The van der Waals surface area contributed by atoms with Gasteiger partial charge in [-0.3, -0.25) is 4.79 Å². The summed E-state index contributed by atoms with van der Waals surface area (Å²) in [7, 11) is 1.57. The Morgan fingerprint density at radius 1 is 1.17 bits per heavy atom. The van der Waals surface area contributed by atoms with E-state index in [2.05, 4.69) is 5.32 Å². The lowest BCUT2D eigenvalue weighted by molar-refractivity contribution is -0.111. The Bertz CT molecular complexity index is 768. The van der Waals surface area contributed by atoms with Gasteiger partial charge in [-0.05, 0) is 48.4 Å². The van der Waals surface area contributed by atoms with Crippen molar-refractivity contribution < 1.29 is 19.0 Å². The molecule has 118 valence electrons. The maximum Gasteiger partial charge on any atom is 0.248 e. The largest absolute Gasteiger partial charge is 0.495 e. The summed E-state index contributed by atoms with van der Waals surface area (Å²) < 4.78 is 15.8. The Labute approximate surface area is 134 Å². The average molecular weight is 311 g/mol. The van der Waals surface area contributed by atoms with E-state index in [1.165, 1.54) is 6.08 Å². The standard InChI is InChI=1S/C18H17NO4/c1-12-3-6-15(21-2)14(9-12)19-18(20)8-5-13-4-7-16-17(10-13)23-11-22-16/h3-10H,11H2,1-2H3,(H,19,20)/b8-5+. The first-order valence-corrected chi connectivity index (χ1v) is 7.19. The smallest absolute Gasteiger partial charge is 0.248 e. The summed E-state index contributed by atoms with van der Waals surface area (Å²) in [5.41, 5.74) is 2.55. The van der Waals surface area contributed by atoms with E-state index in [-0.39, 0.29) is 12.7 Å². The van der Waals surface area contributed by atoms with Crippen molar-refractivity contribution in [2.45, 2.75) is 6.92 Å². The van der Waals surface area contributed by atoms with Crippen molar-refractivity contribution in [3.05, 3.63) is 53.6 Å². The molecule has 0 aliphatic carbocycles. The number of methoxy groups -OCH3 is 1. The van der Waals surface area contributed by atoms with Gasteiger partial charge in [0.05, 0.1) is 12.8 Å². The quantitative estimate of drug-likeness (QED) is 0.879. The third kappa shape index (κ3) is 3.45. The van der Waals surface area contributed by atoms with Crippen LogP contribution < -0.4 is 19.5 Å². The number of benzene rings is 2. The summed E-state index contributed by atoms with van der Waals surface area (Å²) in [5.74, 6) is 1.80. The van der Waals surface area contributed by atoms with Gasteiger partial charge in [0.2, 0.25) is 12.7 Å². The Hall–Kier alpha value is -2.95. The van der Waals surface area contributed by atoms with E-state index in [1.54, 1.807) is 13.2 Å². The van der Waals surface area contributed by atoms with Crippen molar-refractivity contribution in [1.82, 2.24) is 0 Å². The van der Waals surface area contributed by atoms with E-state index in [9.17, 15) is 4.79 Å². The molecule has 0 aromatic heterocycles. The number of fused-ring (bicyclic) bond motifs is 1. The van der Waals surface area contributed by atoms with E-state index in [0.29, 0.717) is 17.2 Å². The van der Waals surface area contributed by atoms with Gasteiger partial charge in [-0.2, -0.15) is 0 Å². The van der Waals surface area contributed by atoms with Crippen molar-refractivity contribution >= 4 is 17.7 Å². The molecule has 5 heteroatoms. The predicted molar refractivity (Wildman–Crippen MR) is 88.0 cm³/mol. The minimum atomic E-state index is -0.230. The molecule has 0 bridgehead atoms. The summed E-state index contributed by atoms with van der Waals surface area (Å²) in [5, 5.41) is 2.82. The van der Waals surface area contributed by atoms with Crippen molar-refractivity contribution in [1.29, 1.82) is 0 Å². The highest BCUT2D eigenvalue weighted by Gasteiger charge is 2.12. The monoisotopic (exact) mass is 311 g/mol. The summed E-state index contributed by atoms with van der Waals surface area (Å²) in [6.07, 6.45) is 3.19. The van der Waals surface area contributed by atoms with E-state index < -0.39 is 0 Å². The van der Waals surface area contributed by atoms with Gasteiger partial charge in [-0.25, -0.2) is 0 Å². The second-order valence-electron chi connectivity index (χ2n) is 5.14. The topological polar surface area (TPSA) is 56.8 Å². The zero-order valence-corrected chi connectivity index (χ0v) is 13.0. The SMILES string of the molecule is COc1ccc(C)cc1NC(=O)/C=C/c1ccc2c(c1)OCO2. The molecular weight excluding hydrogens is 294 g/mol. The molecule has 1 N–H and O–H groups in total. The Morgan fingerprint density at radius 3 is 2.83 bits per heavy atom. The number of hydrogen-bond acceptors (Lipinski definition) is 4. The molecule has 0 saturated heterocycles. The molecule has 5 nitrogen and oxygen atoms in total. The molecule has 0 unspecified atom stereocenters. The molecule has 0 saturated carbocycles. The lowest BCUT2D eigenvalue weighted by Gasteiger charge is -2.09. The molecule has 1 aliphatic heterocycles. The first kappa shape index (κ1) is 15.0. The Kier molecular flexibility index (Phi) is 4.19. The molecule has 1 amide bonds. The minimum absolute atomic E-state index is 0.230. The first-order valence-electron chi connectivity index (χ1n) is 7.19. The number of anilines is 1. The van der Waals surface area contributed by atoms with Crippen LogP contribution >= 0.6 is 0 Å². The van der Waals surface area contributed by atoms with Gasteiger partial charge in [0.1, 0.15) is 5.75 Å². The fourth-order valence-electron chi connectivity index (χ4n) is 2.28. The van der Waals surface area contributed by atoms with Gasteiger partial charge in [-0.1, -0.05) is 12.1 Å². The van der Waals surface area contributed by atoms with Crippen LogP contribution in [0.1, 0.15) is 11.1 Å². The van der Waals surface area contributed by atoms with Gasteiger partial charge in [-0.15, -0.1) is 0 Å². The maximum atomic E-state index is 12.1. The average Bonchev–Trinajstić information content (AvgIpc) is 3.01. The lowest BCUT2D eigenvalue weighted by Crippen LogP contribution is -2.09. The highest BCUT2D eigenvalue weighted by atomic mass is 16.7. The summed E-state index contributed by atoms with van der Waals surface area (Å²) in [4.78, 5) is 12.1. The van der Waals surface area contributed by atoms with Gasteiger partial charge < -0.3 is 19.5 Å². The third-order valence-corrected chi connectivity index (χ3v) is 3.44. The minimum Gasteiger partial charge on any atom is -0.495 e. The molecule has 0 atom stereocenters. The lowest BCUT2D eigenvalue weighted by atomic mass is 10.2. The van der Waals surface area contributed by atoms with E-state index >= 15 is 0 Å². The number of aryl methyl sites for hydroxylation is 1. The van der Waals surface area contributed by atoms with Crippen LogP contribution in [0.25, 0.3) is 6.08 Å².